The normalized spacial score (nSPS) is 11.5. The summed E-state index contributed by atoms with van der Waals surface area (Å²) >= 11 is 7.23. The van der Waals surface area contributed by atoms with Crippen molar-refractivity contribution in [3.63, 3.8) is 0 Å². The lowest BCUT2D eigenvalue weighted by atomic mass is 10.3. The maximum absolute atomic E-state index is 8.49. The number of aromatic nitrogens is 2. The van der Waals surface area contributed by atoms with Gasteiger partial charge < -0.3 is 0 Å². The second kappa shape index (κ2) is 11.5. The Labute approximate surface area is 223 Å². The Balaban J connectivity index is 0.000000586. The van der Waals surface area contributed by atoms with Crippen LogP contribution in [-0.2, 0) is 0 Å². The molecular formula is C28H23Cl2N2O4P. The highest BCUT2D eigenvalue weighted by Crippen LogP contribution is 2.56. The van der Waals surface area contributed by atoms with Gasteiger partial charge in [-0.05, 0) is 55.5 Å². The fourth-order valence-corrected chi connectivity index (χ4v) is 9.48. The molecule has 0 amide bonds. The minimum Gasteiger partial charge on any atom is -0.222 e. The first-order valence-electron chi connectivity index (χ1n) is 11.2. The minimum atomic E-state index is -4.94. The first kappa shape index (κ1) is 27.0. The van der Waals surface area contributed by atoms with E-state index < -0.39 is 17.5 Å². The van der Waals surface area contributed by atoms with Gasteiger partial charge in [0, 0.05) is 0 Å². The molecule has 0 aliphatic rings. The quantitative estimate of drug-likeness (QED) is 0.298. The first-order chi connectivity index (χ1) is 17.7. The smallest absolute Gasteiger partial charge is 0.176 e. The van der Waals surface area contributed by atoms with Gasteiger partial charge in [-0.15, -0.1) is 10.2 Å². The molecular weight excluding hydrogens is 530 g/mol. The fraction of sp³-hybridized carbons (Fsp3) is 0.0357. The predicted molar refractivity (Wildman–Crippen MR) is 138 cm³/mol. The molecule has 37 heavy (non-hydrogen) atoms. The summed E-state index contributed by atoms with van der Waals surface area (Å²) in [6.07, 6.45) is 0. The molecule has 0 saturated carbocycles. The number of rotatable bonds is 5. The second-order valence-electron chi connectivity index (χ2n) is 8.03. The highest BCUT2D eigenvalue weighted by atomic mass is 35.7. The van der Waals surface area contributed by atoms with Crippen LogP contribution >= 0.6 is 18.9 Å². The topological polar surface area (TPSA) is 110 Å². The maximum atomic E-state index is 8.49. The van der Waals surface area contributed by atoms with E-state index in [1.54, 1.807) is 0 Å². The van der Waals surface area contributed by atoms with Crippen LogP contribution in [0, 0.1) is 17.2 Å². The van der Waals surface area contributed by atoms with Gasteiger partial charge in [-0.2, -0.15) is 5.10 Å². The molecule has 9 heteroatoms. The van der Waals surface area contributed by atoms with Crippen molar-refractivity contribution in [3.05, 3.63) is 132 Å². The zero-order chi connectivity index (χ0) is 26.5. The number of nitrogens with zero attached hydrogens (tertiary/aromatic N) is 2. The summed E-state index contributed by atoms with van der Waals surface area (Å²) in [5, 5.41) is 10.5. The number of hydrogen-bond donors (Lipinski definition) is 0. The van der Waals surface area contributed by atoms with Crippen LogP contribution in [0.2, 0.25) is 5.15 Å². The Bertz CT molecular complexity index is 1330. The zero-order valence-corrected chi connectivity index (χ0v) is 22.2. The highest BCUT2D eigenvalue weighted by molar-refractivity contribution is 8.01. The Morgan fingerprint density at radius 3 is 1.30 bits per heavy atom. The Hall–Kier alpha value is -3.06. The number of hydrogen-bond acceptors (Lipinski definition) is 5. The molecule has 6 nitrogen and oxygen atoms in total. The summed E-state index contributed by atoms with van der Waals surface area (Å²) in [5.41, 5.74) is 1.91. The molecule has 5 rings (SSSR count). The van der Waals surface area contributed by atoms with E-state index in [-0.39, 0.29) is 0 Å². The van der Waals surface area contributed by atoms with Crippen LogP contribution in [-0.4, -0.2) is 9.78 Å². The van der Waals surface area contributed by atoms with Crippen LogP contribution in [0.15, 0.2) is 121 Å². The predicted octanol–water partition coefficient (Wildman–Crippen LogP) is 0.698. The van der Waals surface area contributed by atoms with Crippen molar-refractivity contribution in [1.29, 1.82) is 0 Å². The van der Waals surface area contributed by atoms with Gasteiger partial charge in [-0.3, -0.25) is 0 Å². The summed E-state index contributed by atoms with van der Waals surface area (Å²) in [7, 11) is -7.24. The molecule has 0 aliphatic carbocycles. The van der Waals surface area contributed by atoms with Crippen molar-refractivity contribution in [3.8, 4) is 5.69 Å². The average Bonchev–Trinajstić information content (AvgIpc) is 3.20. The van der Waals surface area contributed by atoms with E-state index in [4.69, 9.17) is 35.3 Å². The maximum Gasteiger partial charge on any atom is 0.176 e. The molecule has 0 unspecified atom stereocenters. The molecule has 4 aromatic carbocycles. The van der Waals surface area contributed by atoms with Crippen LogP contribution in [0.5, 0.6) is 0 Å². The average molecular weight is 553 g/mol. The van der Waals surface area contributed by atoms with Gasteiger partial charge in [-0.25, -0.2) is 23.3 Å². The van der Waals surface area contributed by atoms with Gasteiger partial charge in [0.1, 0.15) is 28.9 Å². The lowest BCUT2D eigenvalue weighted by Crippen LogP contribution is -2.68. The number of benzene rings is 4. The zero-order valence-electron chi connectivity index (χ0n) is 19.8. The van der Waals surface area contributed by atoms with Gasteiger partial charge in [-0.1, -0.05) is 84.4 Å². The number of aryl methyl sites for hydroxylation is 1. The third-order valence-electron chi connectivity index (χ3n) is 5.74. The fourth-order valence-electron chi connectivity index (χ4n) is 4.40. The molecule has 1 aromatic heterocycles. The van der Waals surface area contributed by atoms with E-state index >= 15 is 0 Å². The lowest BCUT2D eigenvalue weighted by molar-refractivity contribution is -2.00. The van der Waals surface area contributed by atoms with Crippen molar-refractivity contribution >= 4 is 40.1 Å². The molecule has 0 bridgehead atoms. The molecule has 0 radical (unpaired) electrons. The SMILES string of the molecule is Cc1nn(-c2ccccc2)c(Cl)c1[P+](c1ccccc1)(c1ccccc1)c1ccccc1.[O-][Cl+3]([O-])([O-])[O-]. The van der Waals surface area contributed by atoms with Crippen LogP contribution in [0.3, 0.4) is 0 Å². The lowest BCUT2D eigenvalue weighted by Gasteiger charge is -2.27. The molecule has 1 heterocycles. The van der Waals surface area contributed by atoms with Gasteiger partial charge >= 0.3 is 0 Å². The summed E-state index contributed by atoms with van der Waals surface area (Å²) < 4.78 is 35.8. The molecule has 0 saturated heterocycles. The second-order valence-corrected chi connectivity index (χ2v) is 12.5. The van der Waals surface area contributed by atoms with E-state index in [0.717, 1.165) is 16.7 Å². The van der Waals surface area contributed by atoms with E-state index in [1.807, 2.05) is 35.0 Å². The minimum absolute atomic E-state index is 0.665. The summed E-state index contributed by atoms with van der Waals surface area (Å²) in [4.78, 5) is 0. The Morgan fingerprint density at radius 2 is 0.946 bits per heavy atom. The van der Waals surface area contributed by atoms with Crippen molar-refractivity contribution in [2.45, 2.75) is 6.92 Å². The number of halogens is 2. The van der Waals surface area contributed by atoms with Crippen LogP contribution in [0.1, 0.15) is 5.69 Å². The van der Waals surface area contributed by atoms with E-state index in [1.165, 1.54) is 15.9 Å². The van der Waals surface area contributed by atoms with E-state index in [2.05, 4.69) is 97.9 Å². The summed E-state index contributed by atoms with van der Waals surface area (Å²) in [5.74, 6) is 0. The van der Waals surface area contributed by atoms with Crippen molar-refractivity contribution < 1.29 is 28.9 Å². The summed E-state index contributed by atoms with van der Waals surface area (Å²) in [6, 6.07) is 42.3. The van der Waals surface area contributed by atoms with Crippen molar-refractivity contribution in [1.82, 2.24) is 9.78 Å². The van der Waals surface area contributed by atoms with E-state index in [9.17, 15) is 0 Å². The molecule has 0 atom stereocenters. The van der Waals surface area contributed by atoms with E-state index in [0.29, 0.717) is 5.15 Å². The van der Waals surface area contributed by atoms with Gasteiger partial charge in [0.2, 0.25) is 0 Å². The molecule has 0 fully saturated rings. The first-order valence-corrected chi connectivity index (χ1v) is 14.6. The van der Waals surface area contributed by atoms with Crippen LogP contribution in [0.25, 0.3) is 5.69 Å². The van der Waals surface area contributed by atoms with Crippen molar-refractivity contribution in [2.75, 3.05) is 0 Å². The molecule has 0 N–H and O–H groups in total. The molecule has 188 valence electrons. The highest BCUT2D eigenvalue weighted by Gasteiger charge is 2.52. The third-order valence-corrected chi connectivity index (χ3v) is 10.6. The summed E-state index contributed by atoms with van der Waals surface area (Å²) in [6.45, 7) is 2.07. The van der Waals surface area contributed by atoms with Crippen LogP contribution in [0.4, 0.5) is 0 Å². The largest absolute Gasteiger partial charge is 0.222 e. The van der Waals surface area contributed by atoms with Gasteiger partial charge in [0.05, 0.1) is 5.69 Å². The van der Waals surface area contributed by atoms with Crippen LogP contribution < -0.4 is 39.9 Å². The van der Waals surface area contributed by atoms with Gasteiger partial charge in [0.15, 0.2) is 10.5 Å². The monoisotopic (exact) mass is 552 g/mol. The Kier molecular flexibility index (Phi) is 8.42. The standard InChI is InChI=1S/C28H23ClN2P.ClHO4/c1-22-27(28(29)31(30-22)23-14-6-2-7-15-23)32(24-16-8-3-9-17-24,25-18-10-4-11-19-25)26-20-12-5-13-21-26;2-1(3,4)5/h2-21H,1H3;(H,2,3,4,5)/q+1;/p-1. The number of para-hydroxylation sites is 1. The third kappa shape index (κ3) is 5.93. The molecule has 0 aliphatic heterocycles. The molecule has 5 aromatic rings. The Morgan fingerprint density at radius 1 is 0.622 bits per heavy atom. The molecule has 0 spiro atoms. The van der Waals surface area contributed by atoms with Gasteiger partial charge in [0.25, 0.3) is 0 Å². The van der Waals surface area contributed by atoms with Crippen molar-refractivity contribution in [2.24, 2.45) is 0 Å².